The van der Waals surface area contributed by atoms with Gasteiger partial charge in [-0.05, 0) is 48.6 Å². The number of thiocarbonyl (C=S) groups is 1. The first kappa shape index (κ1) is 21.7. The standard InChI is InChI=1S/C24H21N3O3S/c1-30-21-14-8-5-9-17(21)15-16-22(28)27-24(31)26-20-13-7-6-12-19(20)23(29)25-18-10-3-2-4-11-18/h2-16H,1H3,(H,25,29)(H2,26,27,28,31)/b16-15+. The molecule has 31 heavy (non-hydrogen) atoms. The quantitative estimate of drug-likeness (QED) is 0.396. The van der Waals surface area contributed by atoms with E-state index in [9.17, 15) is 9.59 Å². The Hall–Kier alpha value is -3.97. The van der Waals surface area contributed by atoms with E-state index in [-0.39, 0.29) is 11.0 Å². The highest BCUT2D eigenvalue weighted by Gasteiger charge is 2.13. The highest BCUT2D eigenvalue weighted by Crippen LogP contribution is 2.19. The molecule has 0 saturated carbocycles. The molecule has 0 saturated heterocycles. The predicted octanol–water partition coefficient (Wildman–Crippen LogP) is 4.47. The molecule has 0 aliphatic heterocycles. The van der Waals surface area contributed by atoms with E-state index >= 15 is 0 Å². The van der Waals surface area contributed by atoms with Crippen LogP contribution in [0.15, 0.2) is 84.9 Å². The Morgan fingerprint density at radius 3 is 2.32 bits per heavy atom. The lowest BCUT2D eigenvalue weighted by Gasteiger charge is -2.13. The zero-order chi connectivity index (χ0) is 22.1. The summed E-state index contributed by atoms with van der Waals surface area (Å²) in [5.41, 5.74) is 2.32. The van der Waals surface area contributed by atoms with Crippen LogP contribution in [0.25, 0.3) is 6.08 Å². The number of nitrogens with one attached hydrogen (secondary N) is 3. The lowest BCUT2D eigenvalue weighted by molar-refractivity contribution is -0.115. The Balaban J connectivity index is 1.63. The van der Waals surface area contributed by atoms with Crippen LogP contribution in [0.5, 0.6) is 5.75 Å². The molecule has 6 nitrogen and oxygen atoms in total. The number of amides is 2. The molecular formula is C24H21N3O3S. The van der Waals surface area contributed by atoms with E-state index in [2.05, 4.69) is 16.0 Å². The van der Waals surface area contributed by atoms with Crippen molar-refractivity contribution in [2.75, 3.05) is 17.7 Å². The molecule has 0 aliphatic rings. The van der Waals surface area contributed by atoms with Crippen LogP contribution in [-0.4, -0.2) is 24.0 Å². The monoisotopic (exact) mass is 431 g/mol. The van der Waals surface area contributed by atoms with Gasteiger partial charge in [0.15, 0.2) is 5.11 Å². The summed E-state index contributed by atoms with van der Waals surface area (Å²) in [6.45, 7) is 0. The molecule has 0 radical (unpaired) electrons. The van der Waals surface area contributed by atoms with Gasteiger partial charge in [-0.15, -0.1) is 0 Å². The van der Waals surface area contributed by atoms with Crippen LogP contribution in [0.3, 0.4) is 0 Å². The molecule has 156 valence electrons. The van der Waals surface area contributed by atoms with Crippen molar-refractivity contribution in [2.24, 2.45) is 0 Å². The molecule has 0 atom stereocenters. The summed E-state index contributed by atoms with van der Waals surface area (Å²) in [5.74, 6) is -0.0419. The zero-order valence-electron chi connectivity index (χ0n) is 16.8. The summed E-state index contributed by atoms with van der Waals surface area (Å²) < 4.78 is 5.26. The van der Waals surface area contributed by atoms with Gasteiger partial charge in [0.1, 0.15) is 5.75 Å². The highest BCUT2D eigenvalue weighted by molar-refractivity contribution is 7.80. The molecule has 3 rings (SSSR count). The Morgan fingerprint density at radius 2 is 1.55 bits per heavy atom. The van der Waals surface area contributed by atoms with Crippen molar-refractivity contribution in [3.05, 3.63) is 96.1 Å². The van der Waals surface area contributed by atoms with Crippen molar-refractivity contribution in [1.82, 2.24) is 5.32 Å². The van der Waals surface area contributed by atoms with E-state index in [0.717, 1.165) is 5.56 Å². The van der Waals surface area contributed by atoms with Crippen LogP contribution in [-0.2, 0) is 4.79 Å². The summed E-state index contributed by atoms with van der Waals surface area (Å²) in [6, 6.07) is 23.4. The van der Waals surface area contributed by atoms with Gasteiger partial charge in [-0.1, -0.05) is 48.5 Å². The van der Waals surface area contributed by atoms with Crippen molar-refractivity contribution >= 4 is 46.6 Å². The number of hydrogen-bond donors (Lipinski definition) is 3. The topological polar surface area (TPSA) is 79.5 Å². The third-order valence-corrected chi connectivity index (χ3v) is 4.45. The van der Waals surface area contributed by atoms with Gasteiger partial charge in [-0.2, -0.15) is 0 Å². The van der Waals surface area contributed by atoms with Gasteiger partial charge < -0.3 is 15.4 Å². The maximum atomic E-state index is 12.7. The van der Waals surface area contributed by atoms with Gasteiger partial charge >= 0.3 is 0 Å². The number of rotatable bonds is 6. The number of para-hydroxylation sites is 3. The maximum absolute atomic E-state index is 12.7. The number of carbonyl (C=O) groups is 2. The number of benzene rings is 3. The van der Waals surface area contributed by atoms with Crippen LogP contribution >= 0.6 is 12.2 Å². The maximum Gasteiger partial charge on any atom is 0.257 e. The Kier molecular flexibility index (Phi) is 7.50. The van der Waals surface area contributed by atoms with Crippen molar-refractivity contribution in [3.63, 3.8) is 0 Å². The molecule has 3 aromatic carbocycles. The van der Waals surface area contributed by atoms with E-state index in [1.165, 1.54) is 6.08 Å². The smallest absolute Gasteiger partial charge is 0.257 e. The van der Waals surface area contributed by atoms with Gasteiger partial charge in [0.05, 0.1) is 18.4 Å². The van der Waals surface area contributed by atoms with Crippen molar-refractivity contribution in [1.29, 1.82) is 0 Å². The first-order valence-electron chi connectivity index (χ1n) is 9.45. The second-order valence-corrected chi connectivity index (χ2v) is 6.79. The first-order valence-corrected chi connectivity index (χ1v) is 9.86. The average molecular weight is 432 g/mol. The Morgan fingerprint density at radius 1 is 0.871 bits per heavy atom. The molecule has 0 aliphatic carbocycles. The molecule has 0 aromatic heterocycles. The molecule has 0 fully saturated rings. The Bertz CT molecular complexity index is 1110. The fourth-order valence-corrected chi connectivity index (χ4v) is 3.00. The highest BCUT2D eigenvalue weighted by atomic mass is 32.1. The largest absolute Gasteiger partial charge is 0.496 e. The second kappa shape index (κ2) is 10.7. The molecule has 2 amide bonds. The van der Waals surface area contributed by atoms with E-state index in [0.29, 0.717) is 22.7 Å². The van der Waals surface area contributed by atoms with Gasteiger partial charge in [-0.3, -0.25) is 14.9 Å². The Labute approximate surface area is 185 Å². The van der Waals surface area contributed by atoms with Crippen LogP contribution in [0.4, 0.5) is 11.4 Å². The summed E-state index contributed by atoms with van der Waals surface area (Å²) in [5, 5.41) is 8.39. The van der Waals surface area contributed by atoms with E-state index < -0.39 is 5.91 Å². The summed E-state index contributed by atoms with van der Waals surface area (Å²) >= 11 is 5.23. The average Bonchev–Trinajstić information content (AvgIpc) is 2.78. The second-order valence-electron chi connectivity index (χ2n) is 6.38. The minimum absolute atomic E-state index is 0.0784. The zero-order valence-corrected chi connectivity index (χ0v) is 17.6. The summed E-state index contributed by atoms with van der Waals surface area (Å²) in [4.78, 5) is 24.9. The van der Waals surface area contributed by atoms with Crippen LogP contribution in [0.2, 0.25) is 0 Å². The molecule has 0 spiro atoms. The predicted molar refractivity (Wildman–Crippen MR) is 127 cm³/mol. The van der Waals surface area contributed by atoms with Gasteiger partial charge in [-0.25, -0.2) is 0 Å². The van der Waals surface area contributed by atoms with Crippen molar-refractivity contribution in [2.45, 2.75) is 0 Å². The molecule has 3 aromatic rings. The number of anilines is 2. The number of carbonyl (C=O) groups excluding carboxylic acids is 2. The molecular weight excluding hydrogens is 410 g/mol. The van der Waals surface area contributed by atoms with Gasteiger partial charge in [0, 0.05) is 17.3 Å². The first-order chi connectivity index (χ1) is 15.1. The molecule has 0 unspecified atom stereocenters. The molecule has 3 N–H and O–H groups in total. The van der Waals surface area contributed by atoms with Gasteiger partial charge in [0.25, 0.3) is 5.91 Å². The van der Waals surface area contributed by atoms with Crippen molar-refractivity contribution < 1.29 is 14.3 Å². The SMILES string of the molecule is COc1ccccc1/C=C/C(=O)NC(=S)Nc1ccccc1C(=O)Nc1ccccc1. The number of methoxy groups -OCH3 is 1. The summed E-state index contributed by atoms with van der Waals surface area (Å²) in [6.07, 6.45) is 3.00. The normalized spacial score (nSPS) is 10.4. The third kappa shape index (κ3) is 6.25. The van der Waals surface area contributed by atoms with E-state index in [4.69, 9.17) is 17.0 Å². The molecule has 0 heterocycles. The minimum Gasteiger partial charge on any atom is -0.496 e. The van der Waals surface area contributed by atoms with Crippen LogP contribution in [0.1, 0.15) is 15.9 Å². The lowest BCUT2D eigenvalue weighted by Crippen LogP contribution is -2.33. The lowest BCUT2D eigenvalue weighted by atomic mass is 10.1. The fraction of sp³-hybridized carbons (Fsp3) is 0.0417. The van der Waals surface area contributed by atoms with Gasteiger partial charge in [0.2, 0.25) is 5.91 Å². The van der Waals surface area contributed by atoms with E-state index in [1.54, 1.807) is 55.7 Å². The number of hydrogen-bond acceptors (Lipinski definition) is 4. The van der Waals surface area contributed by atoms with E-state index in [1.807, 2.05) is 36.4 Å². The third-order valence-electron chi connectivity index (χ3n) is 4.24. The fourth-order valence-electron chi connectivity index (χ4n) is 2.79. The summed E-state index contributed by atoms with van der Waals surface area (Å²) in [7, 11) is 1.57. The molecule has 0 bridgehead atoms. The van der Waals surface area contributed by atoms with Crippen molar-refractivity contribution in [3.8, 4) is 5.75 Å². The van der Waals surface area contributed by atoms with Crippen LogP contribution < -0.4 is 20.7 Å². The number of ether oxygens (including phenoxy) is 1. The molecule has 7 heteroatoms. The minimum atomic E-state index is -0.408. The van der Waals surface area contributed by atoms with Crippen LogP contribution in [0, 0.1) is 0 Å².